The van der Waals surface area contributed by atoms with Gasteiger partial charge in [-0.05, 0) is 6.92 Å². The molecule has 0 radical (unpaired) electrons. The summed E-state index contributed by atoms with van der Waals surface area (Å²) in [5.74, 6) is 0.0458. The molecule has 0 aliphatic carbocycles. The zero-order chi connectivity index (χ0) is 12.8. The van der Waals surface area contributed by atoms with E-state index in [0.717, 1.165) is 13.1 Å². The SMILES string of the molecule is CC(Cn1cncn1)NC(=O)CN1CCOCC1. The Morgan fingerprint density at radius 2 is 2.28 bits per heavy atom. The molecule has 1 aliphatic heterocycles. The van der Waals surface area contributed by atoms with Crippen LogP contribution in [0.1, 0.15) is 6.92 Å². The van der Waals surface area contributed by atoms with Crippen molar-refractivity contribution >= 4 is 5.91 Å². The lowest BCUT2D eigenvalue weighted by atomic mass is 10.3. The molecule has 1 aromatic rings. The van der Waals surface area contributed by atoms with Gasteiger partial charge in [0.15, 0.2) is 0 Å². The van der Waals surface area contributed by atoms with Crippen molar-refractivity contribution < 1.29 is 9.53 Å². The normalized spacial score (nSPS) is 18.5. The zero-order valence-corrected chi connectivity index (χ0v) is 10.6. The number of morpholine rings is 1. The van der Waals surface area contributed by atoms with E-state index in [1.165, 1.54) is 6.33 Å². The van der Waals surface area contributed by atoms with Crippen LogP contribution in [-0.4, -0.2) is 64.5 Å². The highest BCUT2D eigenvalue weighted by Crippen LogP contribution is 1.96. The molecule has 100 valence electrons. The van der Waals surface area contributed by atoms with E-state index in [4.69, 9.17) is 4.74 Å². The number of carbonyl (C=O) groups excluding carboxylic acids is 1. The summed E-state index contributed by atoms with van der Waals surface area (Å²) in [4.78, 5) is 17.8. The van der Waals surface area contributed by atoms with Crippen LogP contribution in [0.4, 0.5) is 0 Å². The van der Waals surface area contributed by atoms with Crippen molar-refractivity contribution in [3.8, 4) is 0 Å². The van der Waals surface area contributed by atoms with Crippen LogP contribution in [0.2, 0.25) is 0 Å². The Labute approximate surface area is 106 Å². The lowest BCUT2D eigenvalue weighted by Crippen LogP contribution is -2.46. The fourth-order valence-electron chi connectivity index (χ4n) is 1.94. The molecule has 1 fully saturated rings. The van der Waals surface area contributed by atoms with Gasteiger partial charge < -0.3 is 10.1 Å². The third kappa shape index (κ3) is 4.08. The van der Waals surface area contributed by atoms with Crippen LogP contribution >= 0.6 is 0 Å². The maximum Gasteiger partial charge on any atom is 0.234 e. The minimum absolute atomic E-state index is 0.0419. The van der Waals surface area contributed by atoms with Gasteiger partial charge in [-0.15, -0.1) is 0 Å². The molecule has 1 amide bonds. The molecule has 18 heavy (non-hydrogen) atoms. The number of aromatic nitrogens is 3. The molecule has 0 aromatic carbocycles. The summed E-state index contributed by atoms with van der Waals surface area (Å²) < 4.78 is 6.95. The van der Waals surface area contributed by atoms with Gasteiger partial charge in [-0.3, -0.25) is 14.4 Å². The van der Waals surface area contributed by atoms with E-state index in [1.807, 2.05) is 6.92 Å². The maximum absolute atomic E-state index is 11.8. The molecule has 1 unspecified atom stereocenters. The van der Waals surface area contributed by atoms with E-state index >= 15 is 0 Å². The monoisotopic (exact) mass is 253 g/mol. The fraction of sp³-hybridized carbons (Fsp3) is 0.727. The first-order chi connectivity index (χ1) is 8.74. The first-order valence-corrected chi connectivity index (χ1v) is 6.16. The van der Waals surface area contributed by atoms with E-state index in [1.54, 1.807) is 11.0 Å². The van der Waals surface area contributed by atoms with Crippen LogP contribution in [0.15, 0.2) is 12.7 Å². The Bertz CT molecular complexity index is 362. The second-order valence-corrected chi connectivity index (χ2v) is 4.47. The first kappa shape index (κ1) is 13.0. The van der Waals surface area contributed by atoms with Crippen molar-refractivity contribution in [1.29, 1.82) is 0 Å². The van der Waals surface area contributed by atoms with Gasteiger partial charge in [0.05, 0.1) is 26.3 Å². The van der Waals surface area contributed by atoms with Crippen molar-refractivity contribution in [3.63, 3.8) is 0 Å². The summed E-state index contributed by atoms with van der Waals surface area (Å²) in [7, 11) is 0. The van der Waals surface area contributed by atoms with Gasteiger partial charge in [-0.1, -0.05) is 0 Å². The minimum atomic E-state index is 0.0419. The van der Waals surface area contributed by atoms with Crippen LogP contribution in [0, 0.1) is 0 Å². The van der Waals surface area contributed by atoms with Crippen molar-refractivity contribution in [1.82, 2.24) is 25.0 Å². The van der Waals surface area contributed by atoms with Crippen LogP contribution < -0.4 is 5.32 Å². The molecule has 1 saturated heterocycles. The van der Waals surface area contributed by atoms with E-state index in [0.29, 0.717) is 26.3 Å². The van der Waals surface area contributed by atoms with Crippen molar-refractivity contribution in [2.75, 3.05) is 32.8 Å². The fourth-order valence-corrected chi connectivity index (χ4v) is 1.94. The molecule has 0 bridgehead atoms. The molecule has 0 saturated carbocycles. The lowest BCUT2D eigenvalue weighted by Gasteiger charge is -2.26. The van der Waals surface area contributed by atoms with E-state index in [-0.39, 0.29) is 11.9 Å². The third-order valence-corrected chi connectivity index (χ3v) is 2.81. The van der Waals surface area contributed by atoms with E-state index < -0.39 is 0 Å². The number of nitrogens with one attached hydrogen (secondary N) is 1. The lowest BCUT2D eigenvalue weighted by molar-refractivity contribution is -0.123. The molecule has 7 heteroatoms. The Hall–Kier alpha value is -1.47. The molecular weight excluding hydrogens is 234 g/mol. The first-order valence-electron chi connectivity index (χ1n) is 6.16. The standard InChI is InChI=1S/C11H19N5O2/c1-10(6-16-9-12-8-13-16)14-11(17)7-15-2-4-18-5-3-15/h8-10H,2-7H2,1H3,(H,14,17). The van der Waals surface area contributed by atoms with Gasteiger partial charge in [0.25, 0.3) is 0 Å². The Balaban J connectivity index is 1.69. The largest absolute Gasteiger partial charge is 0.379 e. The molecule has 7 nitrogen and oxygen atoms in total. The van der Waals surface area contributed by atoms with Crippen LogP contribution in [0.5, 0.6) is 0 Å². The summed E-state index contributed by atoms with van der Waals surface area (Å²) in [5.41, 5.74) is 0. The summed E-state index contributed by atoms with van der Waals surface area (Å²) in [6.45, 7) is 6.10. The predicted octanol–water partition coefficient (Wildman–Crippen LogP) is -0.885. The molecule has 1 aromatic heterocycles. The number of amides is 1. The molecule has 2 rings (SSSR count). The Morgan fingerprint density at radius 3 is 2.94 bits per heavy atom. The van der Waals surface area contributed by atoms with Gasteiger partial charge in [-0.25, -0.2) is 4.98 Å². The summed E-state index contributed by atoms with van der Waals surface area (Å²) in [5, 5.41) is 6.96. The molecule has 1 N–H and O–H groups in total. The van der Waals surface area contributed by atoms with Crippen LogP contribution in [0.3, 0.4) is 0 Å². The highest BCUT2D eigenvalue weighted by Gasteiger charge is 2.15. The van der Waals surface area contributed by atoms with Gasteiger partial charge in [0, 0.05) is 19.1 Å². The number of rotatable bonds is 5. The quantitative estimate of drug-likeness (QED) is 0.737. The predicted molar refractivity (Wildman–Crippen MR) is 64.9 cm³/mol. The number of hydrogen-bond donors (Lipinski definition) is 1. The zero-order valence-electron chi connectivity index (χ0n) is 10.6. The molecule has 1 atom stereocenters. The van der Waals surface area contributed by atoms with E-state index in [9.17, 15) is 4.79 Å². The van der Waals surface area contributed by atoms with E-state index in [2.05, 4.69) is 20.3 Å². The second kappa shape index (κ2) is 6.46. The minimum Gasteiger partial charge on any atom is -0.379 e. The number of carbonyl (C=O) groups is 1. The highest BCUT2D eigenvalue weighted by atomic mass is 16.5. The number of nitrogens with zero attached hydrogens (tertiary/aromatic N) is 4. The maximum atomic E-state index is 11.8. The smallest absolute Gasteiger partial charge is 0.234 e. The molecular formula is C11H19N5O2. The van der Waals surface area contributed by atoms with Crippen molar-refractivity contribution in [2.45, 2.75) is 19.5 Å². The summed E-state index contributed by atoms with van der Waals surface area (Å²) >= 11 is 0. The Kier molecular flexibility index (Phi) is 4.66. The molecule has 2 heterocycles. The van der Waals surface area contributed by atoms with Gasteiger partial charge >= 0.3 is 0 Å². The second-order valence-electron chi connectivity index (χ2n) is 4.47. The highest BCUT2D eigenvalue weighted by molar-refractivity contribution is 5.78. The van der Waals surface area contributed by atoms with Gasteiger partial charge in [0.1, 0.15) is 12.7 Å². The van der Waals surface area contributed by atoms with Crippen molar-refractivity contribution in [2.24, 2.45) is 0 Å². The summed E-state index contributed by atoms with van der Waals surface area (Å²) in [6.07, 6.45) is 3.13. The third-order valence-electron chi connectivity index (χ3n) is 2.81. The number of hydrogen-bond acceptors (Lipinski definition) is 5. The molecule has 0 spiro atoms. The topological polar surface area (TPSA) is 72.3 Å². The number of ether oxygens (including phenoxy) is 1. The average Bonchev–Trinajstić information content (AvgIpc) is 2.82. The van der Waals surface area contributed by atoms with Crippen LogP contribution in [-0.2, 0) is 16.1 Å². The van der Waals surface area contributed by atoms with Gasteiger partial charge in [-0.2, -0.15) is 5.10 Å². The van der Waals surface area contributed by atoms with Gasteiger partial charge in [0.2, 0.25) is 5.91 Å². The summed E-state index contributed by atoms with van der Waals surface area (Å²) in [6, 6.07) is 0.0419. The van der Waals surface area contributed by atoms with Crippen molar-refractivity contribution in [3.05, 3.63) is 12.7 Å². The van der Waals surface area contributed by atoms with Crippen LogP contribution in [0.25, 0.3) is 0 Å². The molecule has 1 aliphatic rings. The average molecular weight is 253 g/mol. The Morgan fingerprint density at radius 1 is 1.50 bits per heavy atom.